The van der Waals surface area contributed by atoms with Crippen molar-refractivity contribution in [3.05, 3.63) is 24.3 Å². The maximum absolute atomic E-state index is 11.7. The molecule has 1 aromatic heterocycles. The predicted molar refractivity (Wildman–Crippen MR) is 91.7 cm³/mol. The van der Waals surface area contributed by atoms with Crippen molar-refractivity contribution in [2.24, 2.45) is 0 Å². The first kappa shape index (κ1) is 15.1. The molecule has 2 N–H and O–H groups in total. The van der Waals surface area contributed by atoms with Crippen LogP contribution in [0.1, 0.15) is 26.2 Å². The lowest BCUT2D eigenvalue weighted by Crippen LogP contribution is -2.48. The largest absolute Gasteiger partial charge is 0.348 e. The number of hydrogen-bond donors (Lipinski definition) is 2. The van der Waals surface area contributed by atoms with Gasteiger partial charge in [0.15, 0.2) is 5.13 Å². The van der Waals surface area contributed by atoms with Gasteiger partial charge >= 0.3 is 6.03 Å². The number of piperidine rings is 1. The van der Waals surface area contributed by atoms with Gasteiger partial charge in [0.2, 0.25) is 0 Å². The average molecular weight is 318 g/mol. The van der Waals surface area contributed by atoms with Gasteiger partial charge < -0.3 is 15.5 Å². The zero-order chi connectivity index (χ0) is 15.4. The number of carbonyl (C=O) groups excluding carboxylic acids is 1. The molecule has 0 radical (unpaired) electrons. The van der Waals surface area contributed by atoms with E-state index in [1.54, 1.807) is 11.3 Å². The van der Waals surface area contributed by atoms with Crippen LogP contribution in [0.3, 0.4) is 0 Å². The summed E-state index contributed by atoms with van der Waals surface area (Å²) >= 11 is 1.75. The summed E-state index contributed by atoms with van der Waals surface area (Å²) in [5, 5.41) is 7.02. The summed E-state index contributed by atoms with van der Waals surface area (Å²) in [6.07, 6.45) is 2.90. The fourth-order valence-electron chi connectivity index (χ4n) is 2.69. The molecule has 1 aliphatic heterocycles. The van der Waals surface area contributed by atoms with Gasteiger partial charge in [0.1, 0.15) is 0 Å². The lowest BCUT2D eigenvalue weighted by atomic mass is 10.1. The molecule has 22 heavy (non-hydrogen) atoms. The Kier molecular flexibility index (Phi) is 4.77. The maximum Gasteiger partial charge on any atom is 0.315 e. The summed E-state index contributed by atoms with van der Waals surface area (Å²) in [5.41, 5.74) is 1.07. The molecule has 0 aliphatic carbocycles. The number of anilines is 1. The Morgan fingerprint density at radius 3 is 2.86 bits per heavy atom. The summed E-state index contributed by atoms with van der Waals surface area (Å²) in [5.74, 6) is 0. The summed E-state index contributed by atoms with van der Waals surface area (Å²) in [6.45, 7) is 4.67. The average Bonchev–Trinajstić information content (AvgIpc) is 2.97. The van der Waals surface area contributed by atoms with Gasteiger partial charge in [-0.3, -0.25) is 0 Å². The number of amides is 2. The van der Waals surface area contributed by atoms with Crippen molar-refractivity contribution in [1.29, 1.82) is 0 Å². The molecule has 5 nitrogen and oxygen atoms in total. The maximum atomic E-state index is 11.7. The van der Waals surface area contributed by atoms with Crippen molar-refractivity contribution in [3.8, 4) is 0 Å². The molecule has 1 aromatic carbocycles. The molecule has 1 fully saturated rings. The van der Waals surface area contributed by atoms with E-state index in [0.29, 0.717) is 0 Å². The van der Waals surface area contributed by atoms with E-state index in [4.69, 9.17) is 4.98 Å². The first-order chi connectivity index (χ1) is 10.8. The van der Waals surface area contributed by atoms with Gasteiger partial charge in [0.05, 0.1) is 10.2 Å². The second-order valence-corrected chi connectivity index (χ2v) is 6.63. The Morgan fingerprint density at radius 1 is 1.36 bits per heavy atom. The van der Waals surface area contributed by atoms with Crippen LogP contribution in [-0.2, 0) is 0 Å². The minimum absolute atomic E-state index is 0.0414. The number of nitrogens with zero attached hydrogens (tertiary/aromatic N) is 2. The van der Waals surface area contributed by atoms with E-state index in [9.17, 15) is 4.79 Å². The molecule has 2 heterocycles. The highest BCUT2D eigenvalue weighted by molar-refractivity contribution is 7.22. The van der Waals surface area contributed by atoms with Gasteiger partial charge in [0, 0.05) is 25.7 Å². The first-order valence-electron chi connectivity index (χ1n) is 7.91. The van der Waals surface area contributed by atoms with E-state index in [2.05, 4.69) is 40.7 Å². The van der Waals surface area contributed by atoms with Crippen molar-refractivity contribution in [1.82, 2.24) is 15.6 Å². The molecule has 0 spiro atoms. The molecule has 1 aliphatic rings. The van der Waals surface area contributed by atoms with Crippen LogP contribution in [0.4, 0.5) is 9.93 Å². The topological polar surface area (TPSA) is 57.3 Å². The monoisotopic (exact) mass is 318 g/mol. The minimum atomic E-state index is -0.0414. The van der Waals surface area contributed by atoms with Crippen molar-refractivity contribution in [3.63, 3.8) is 0 Å². The first-order valence-corrected chi connectivity index (χ1v) is 8.73. The number of benzene rings is 1. The van der Waals surface area contributed by atoms with Gasteiger partial charge in [0.25, 0.3) is 0 Å². The molecule has 0 unspecified atom stereocenters. The highest BCUT2D eigenvalue weighted by Gasteiger charge is 2.22. The van der Waals surface area contributed by atoms with Gasteiger partial charge in [-0.15, -0.1) is 0 Å². The lowest BCUT2D eigenvalue weighted by Gasteiger charge is -2.32. The quantitative estimate of drug-likeness (QED) is 0.911. The van der Waals surface area contributed by atoms with E-state index in [-0.39, 0.29) is 12.1 Å². The second kappa shape index (κ2) is 6.96. The number of rotatable bonds is 4. The molecule has 1 saturated heterocycles. The van der Waals surface area contributed by atoms with E-state index in [0.717, 1.165) is 49.5 Å². The number of para-hydroxylation sites is 1. The fraction of sp³-hybridized carbons (Fsp3) is 0.500. The molecule has 2 aromatic rings. The molecule has 0 saturated carbocycles. The van der Waals surface area contributed by atoms with Gasteiger partial charge in [-0.2, -0.15) is 0 Å². The number of aromatic nitrogens is 1. The predicted octanol–water partition coefficient (Wildman–Crippen LogP) is 2.97. The standard InChI is InChI=1S/C16H22N4OS/c1-2-9-17-15(21)18-12-7-10-20(11-8-12)16-19-13-5-3-4-6-14(13)22-16/h3-6,12H,2,7-11H2,1H3,(H2,17,18,21). The number of carbonyl (C=O) groups is 1. The summed E-state index contributed by atoms with van der Waals surface area (Å²) in [4.78, 5) is 18.7. The summed E-state index contributed by atoms with van der Waals surface area (Å²) in [6, 6.07) is 8.47. The second-order valence-electron chi connectivity index (χ2n) is 5.63. The lowest BCUT2D eigenvalue weighted by molar-refractivity contribution is 0.234. The van der Waals surface area contributed by atoms with Crippen LogP contribution in [0.5, 0.6) is 0 Å². The van der Waals surface area contributed by atoms with E-state index >= 15 is 0 Å². The van der Waals surface area contributed by atoms with E-state index in [1.165, 1.54) is 4.70 Å². The third-order valence-electron chi connectivity index (χ3n) is 3.92. The third kappa shape index (κ3) is 3.50. The number of nitrogens with one attached hydrogen (secondary N) is 2. The molecule has 3 rings (SSSR count). The zero-order valence-corrected chi connectivity index (χ0v) is 13.7. The van der Waals surface area contributed by atoms with Crippen LogP contribution < -0.4 is 15.5 Å². The molecule has 0 bridgehead atoms. The number of thiazole rings is 1. The van der Waals surface area contributed by atoms with Crippen LogP contribution in [0.25, 0.3) is 10.2 Å². The Labute approximate surface area is 134 Å². The Balaban J connectivity index is 1.54. The van der Waals surface area contributed by atoms with Crippen molar-refractivity contribution in [2.75, 3.05) is 24.5 Å². The van der Waals surface area contributed by atoms with Crippen LogP contribution >= 0.6 is 11.3 Å². The summed E-state index contributed by atoms with van der Waals surface area (Å²) in [7, 11) is 0. The Morgan fingerprint density at radius 2 is 2.14 bits per heavy atom. The number of fused-ring (bicyclic) bond motifs is 1. The zero-order valence-electron chi connectivity index (χ0n) is 12.8. The number of hydrogen-bond acceptors (Lipinski definition) is 4. The molecular formula is C16H22N4OS. The fourth-order valence-corrected chi connectivity index (χ4v) is 3.70. The molecule has 0 atom stereocenters. The van der Waals surface area contributed by atoms with E-state index < -0.39 is 0 Å². The van der Waals surface area contributed by atoms with Gasteiger partial charge in [-0.25, -0.2) is 9.78 Å². The summed E-state index contributed by atoms with van der Waals surface area (Å²) < 4.78 is 1.23. The normalized spacial score (nSPS) is 16.0. The minimum Gasteiger partial charge on any atom is -0.348 e. The molecule has 118 valence electrons. The smallest absolute Gasteiger partial charge is 0.315 e. The van der Waals surface area contributed by atoms with Crippen LogP contribution in [0, 0.1) is 0 Å². The molecular weight excluding hydrogens is 296 g/mol. The van der Waals surface area contributed by atoms with Crippen molar-refractivity contribution in [2.45, 2.75) is 32.2 Å². The third-order valence-corrected chi connectivity index (χ3v) is 5.02. The van der Waals surface area contributed by atoms with E-state index in [1.807, 2.05) is 6.07 Å². The highest BCUT2D eigenvalue weighted by Crippen LogP contribution is 2.30. The molecule has 2 amide bonds. The SMILES string of the molecule is CCCNC(=O)NC1CCN(c2nc3ccccc3s2)CC1. The van der Waals surface area contributed by atoms with Crippen LogP contribution in [0.2, 0.25) is 0 Å². The van der Waals surface area contributed by atoms with Crippen molar-refractivity contribution >= 4 is 32.7 Å². The number of urea groups is 1. The van der Waals surface area contributed by atoms with Crippen LogP contribution in [0.15, 0.2) is 24.3 Å². The Hall–Kier alpha value is -1.82. The van der Waals surface area contributed by atoms with Crippen molar-refractivity contribution < 1.29 is 4.79 Å². The van der Waals surface area contributed by atoms with Crippen LogP contribution in [-0.4, -0.2) is 36.7 Å². The van der Waals surface area contributed by atoms with Gasteiger partial charge in [-0.1, -0.05) is 30.4 Å². The highest BCUT2D eigenvalue weighted by atomic mass is 32.1. The van der Waals surface area contributed by atoms with Gasteiger partial charge in [-0.05, 0) is 31.4 Å². The molecule has 6 heteroatoms. The Bertz CT molecular complexity index is 601.